The second-order valence-electron chi connectivity index (χ2n) is 6.00. The van der Waals surface area contributed by atoms with Crippen LogP contribution in [0.25, 0.3) is 0 Å². The summed E-state index contributed by atoms with van der Waals surface area (Å²) in [5.74, 6) is 1.22. The van der Waals surface area contributed by atoms with E-state index in [9.17, 15) is 4.79 Å². The molecule has 2 N–H and O–H groups in total. The Balaban J connectivity index is 0.00000180. The molecule has 2 aliphatic rings. The molecular weight excluding hydrogens is 260 g/mol. The Morgan fingerprint density at radius 1 is 1.00 bits per heavy atom. The zero-order valence-corrected chi connectivity index (χ0v) is 12.8. The minimum Gasteiger partial charge on any atom is -0.356 e. The van der Waals surface area contributed by atoms with Gasteiger partial charge in [-0.3, -0.25) is 4.79 Å². The second kappa shape index (κ2) is 9.60. The van der Waals surface area contributed by atoms with Crippen LogP contribution in [0.2, 0.25) is 0 Å². The van der Waals surface area contributed by atoms with Gasteiger partial charge in [-0.1, -0.05) is 32.1 Å². The summed E-state index contributed by atoms with van der Waals surface area (Å²) < 4.78 is 0. The molecule has 1 saturated carbocycles. The first kappa shape index (κ1) is 16.8. The number of nitrogens with one attached hydrogen (secondary N) is 2. The van der Waals surface area contributed by atoms with Gasteiger partial charge in [-0.15, -0.1) is 12.4 Å². The van der Waals surface area contributed by atoms with Gasteiger partial charge in [0.2, 0.25) is 5.91 Å². The number of hydrogen-bond donors (Lipinski definition) is 2. The van der Waals surface area contributed by atoms with Crippen LogP contribution in [0.1, 0.15) is 57.8 Å². The number of carbonyl (C=O) groups is 1. The summed E-state index contributed by atoms with van der Waals surface area (Å²) in [6.45, 7) is 2.86. The van der Waals surface area contributed by atoms with Crippen molar-refractivity contribution in [1.82, 2.24) is 10.6 Å². The minimum absolute atomic E-state index is 0. The number of hydrogen-bond acceptors (Lipinski definition) is 2. The maximum absolute atomic E-state index is 12.0. The van der Waals surface area contributed by atoms with Crippen molar-refractivity contribution in [3.8, 4) is 0 Å². The number of halogens is 1. The van der Waals surface area contributed by atoms with E-state index in [1.807, 2.05) is 0 Å². The SMILES string of the molecule is Cl.O=C(NCC1CCCCCCC1)C1CCCNC1. The Hall–Kier alpha value is -0.280. The van der Waals surface area contributed by atoms with Crippen LogP contribution in [0.15, 0.2) is 0 Å². The highest BCUT2D eigenvalue weighted by atomic mass is 35.5. The zero-order valence-electron chi connectivity index (χ0n) is 12.0. The van der Waals surface area contributed by atoms with Crippen molar-refractivity contribution >= 4 is 18.3 Å². The van der Waals surface area contributed by atoms with E-state index in [1.54, 1.807) is 0 Å². The van der Waals surface area contributed by atoms with E-state index in [4.69, 9.17) is 0 Å². The molecular formula is C15H29ClN2O. The molecule has 1 aliphatic carbocycles. The Labute approximate surface area is 123 Å². The van der Waals surface area contributed by atoms with Crippen molar-refractivity contribution in [2.45, 2.75) is 57.8 Å². The lowest BCUT2D eigenvalue weighted by molar-refractivity contribution is -0.125. The molecule has 1 atom stereocenters. The highest BCUT2D eigenvalue weighted by molar-refractivity contribution is 5.85. The standard InChI is InChI=1S/C15H28N2O.ClH/c18-15(14-9-6-10-16-12-14)17-11-13-7-4-2-1-3-5-8-13;/h13-14,16H,1-12H2,(H,17,18);1H. The van der Waals surface area contributed by atoms with Gasteiger partial charge in [0.15, 0.2) is 0 Å². The van der Waals surface area contributed by atoms with Crippen LogP contribution in [0.3, 0.4) is 0 Å². The van der Waals surface area contributed by atoms with Crippen molar-refractivity contribution in [2.24, 2.45) is 11.8 Å². The van der Waals surface area contributed by atoms with Crippen LogP contribution >= 0.6 is 12.4 Å². The summed E-state index contributed by atoms with van der Waals surface area (Å²) in [5, 5.41) is 6.50. The number of rotatable bonds is 3. The minimum atomic E-state index is 0. The van der Waals surface area contributed by atoms with Crippen LogP contribution in [0.4, 0.5) is 0 Å². The first-order valence-corrected chi connectivity index (χ1v) is 7.84. The van der Waals surface area contributed by atoms with Crippen molar-refractivity contribution in [1.29, 1.82) is 0 Å². The second-order valence-corrected chi connectivity index (χ2v) is 6.00. The fourth-order valence-electron chi connectivity index (χ4n) is 3.21. The first-order valence-electron chi connectivity index (χ1n) is 7.84. The quantitative estimate of drug-likeness (QED) is 0.838. The topological polar surface area (TPSA) is 41.1 Å². The van der Waals surface area contributed by atoms with E-state index in [0.717, 1.165) is 38.4 Å². The molecule has 0 spiro atoms. The van der Waals surface area contributed by atoms with Crippen molar-refractivity contribution in [2.75, 3.05) is 19.6 Å². The summed E-state index contributed by atoms with van der Waals surface area (Å²) in [4.78, 5) is 12.0. The van der Waals surface area contributed by atoms with E-state index in [2.05, 4.69) is 10.6 Å². The van der Waals surface area contributed by atoms with Crippen LogP contribution in [-0.2, 0) is 4.79 Å². The maximum atomic E-state index is 12.0. The van der Waals surface area contributed by atoms with Crippen molar-refractivity contribution in [3.63, 3.8) is 0 Å². The van der Waals surface area contributed by atoms with E-state index in [1.165, 1.54) is 44.9 Å². The van der Waals surface area contributed by atoms with Crippen LogP contribution in [0.5, 0.6) is 0 Å². The van der Waals surface area contributed by atoms with Gasteiger partial charge < -0.3 is 10.6 Å². The average molecular weight is 289 g/mol. The molecule has 1 heterocycles. The maximum Gasteiger partial charge on any atom is 0.224 e. The van der Waals surface area contributed by atoms with E-state index in [-0.39, 0.29) is 24.2 Å². The fraction of sp³-hybridized carbons (Fsp3) is 0.933. The molecule has 1 unspecified atom stereocenters. The summed E-state index contributed by atoms with van der Waals surface area (Å²) in [5.41, 5.74) is 0. The molecule has 112 valence electrons. The summed E-state index contributed by atoms with van der Waals surface area (Å²) in [6.07, 6.45) is 11.7. The van der Waals surface area contributed by atoms with Gasteiger partial charge in [0.05, 0.1) is 5.92 Å². The fourth-order valence-corrected chi connectivity index (χ4v) is 3.21. The monoisotopic (exact) mass is 288 g/mol. The van der Waals surface area contributed by atoms with Gasteiger partial charge in [0.1, 0.15) is 0 Å². The molecule has 1 amide bonds. The molecule has 1 saturated heterocycles. The first-order chi connectivity index (χ1) is 8.86. The van der Waals surface area contributed by atoms with Crippen LogP contribution in [-0.4, -0.2) is 25.5 Å². The third-order valence-electron chi connectivity index (χ3n) is 4.46. The lowest BCUT2D eigenvalue weighted by atomic mass is 9.91. The largest absolute Gasteiger partial charge is 0.356 e. The average Bonchev–Trinajstić information content (AvgIpc) is 2.38. The van der Waals surface area contributed by atoms with Gasteiger partial charge >= 0.3 is 0 Å². The van der Waals surface area contributed by atoms with Gasteiger partial charge in [-0.25, -0.2) is 0 Å². The third kappa shape index (κ3) is 6.13. The van der Waals surface area contributed by atoms with Crippen molar-refractivity contribution in [3.05, 3.63) is 0 Å². The van der Waals surface area contributed by atoms with Crippen LogP contribution < -0.4 is 10.6 Å². The molecule has 0 radical (unpaired) electrons. The molecule has 0 aromatic rings. The van der Waals surface area contributed by atoms with Crippen LogP contribution in [0, 0.1) is 11.8 Å². The van der Waals surface area contributed by atoms with E-state index in [0.29, 0.717) is 0 Å². The predicted octanol–water partition coefficient (Wildman–Crippen LogP) is 2.88. The van der Waals surface area contributed by atoms with Gasteiger partial charge in [0, 0.05) is 13.1 Å². The summed E-state index contributed by atoms with van der Waals surface area (Å²) in [6, 6.07) is 0. The molecule has 0 aromatic heterocycles. The predicted molar refractivity (Wildman–Crippen MR) is 81.7 cm³/mol. The van der Waals surface area contributed by atoms with Gasteiger partial charge in [-0.05, 0) is 38.1 Å². The van der Waals surface area contributed by atoms with Crippen molar-refractivity contribution < 1.29 is 4.79 Å². The lowest BCUT2D eigenvalue weighted by Crippen LogP contribution is -2.42. The Morgan fingerprint density at radius 3 is 2.32 bits per heavy atom. The number of piperidine rings is 1. The lowest BCUT2D eigenvalue weighted by Gasteiger charge is -2.24. The molecule has 4 heteroatoms. The van der Waals surface area contributed by atoms with E-state index < -0.39 is 0 Å². The van der Waals surface area contributed by atoms with Gasteiger partial charge in [-0.2, -0.15) is 0 Å². The zero-order chi connectivity index (χ0) is 12.6. The summed E-state index contributed by atoms with van der Waals surface area (Å²) >= 11 is 0. The summed E-state index contributed by atoms with van der Waals surface area (Å²) in [7, 11) is 0. The molecule has 2 fully saturated rings. The molecule has 3 nitrogen and oxygen atoms in total. The third-order valence-corrected chi connectivity index (χ3v) is 4.46. The molecule has 1 aliphatic heterocycles. The Morgan fingerprint density at radius 2 is 1.68 bits per heavy atom. The Kier molecular flexibility index (Phi) is 8.47. The number of carbonyl (C=O) groups excluding carboxylic acids is 1. The van der Waals surface area contributed by atoms with Gasteiger partial charge in [0.25, 0.3) is 0 Å². The number of amides is 1. The molecule has 0 aromatic carbocycles. The smallest absolute Gasteiger partial charge is 0.224 e. The molecule has 19 heavy (non-hydrogen) atoms. The Bertz CT molecular complexity index is 247. The van der Waals surface area contributed by atoms with E-state index >= 15 is 0 Å². The highest BCUT2D eigenvalue weighted by Crippen LogP contribution is 2.21. The normalized spacial score (nSPS) is 25.8. The highest BCUT2D eigenvalue weighted by Gasteiger charge is 2.21. The molecule has 0 bridgehead atoms. The molecule has 2 rings (SSSR count).